The van der Waals surface area contributed by atoms with Crippen LogP contribution >= 0.6 is 0 Å². The van der Waals surface area contributed by atoms with E-state index in [1.54, 1.807) is 19.0 Å². The van der Waals surface area contributed by atoms with Gasteiger partial charge in [0.25, 0.3) is 5.91 Å². The largest absolute Gasteiger partial charge is 0.496 e. The van der Waals surface area contributed by atoms with E-state index in [9.17, 15) is 18.0 Å². The summed E-state index contributed by atoms with van der Waals surface area (Å²) in [5.41, 5.74) is 0.154. The molecule has 0 aromatic heterocycles. The molecular weight excluding hydrogens is 372 g/mol. The SMILES string of the molecule is COc1ccc(S(N)(=O)=O)cc1C(=O)N1CCCN(CC(=O)N(C)C)CC1. The lowest BCUT2D eigenvalue weighted by Crippen LogP contribution is -2.39. The van der Waals surface area contributed by atoms with Crippen molar-refractivity contribution in [3.8, 4) is 5.75 Å². The maximum Gasteiger partial charge on any atom is 0.257 e. The Balaban J connectivity index is 2.17. The number of sulfonamides is 1. The van der Waals surface area contributed by atoms with E-state index in [0.29, 0.717) is 39.1 Å². The Morgan fingerprint density at radius 3 is 2.48 bits per heavy atom. The molecule has 150 valence electrons. The van der Waals surface area contributed by atoms with E-state index in [1.165, 1.54) is 30.2 Å². The highest BCUT2D eigenvalue weighted by Gasteiger charge is 2.25. The first-order valence-electron chi connectivity index (χ1n) is 8.56. The Bertz CT molecular complexity index is 810. The third-order valence-corrected chi connectivity index (χ3v) is 5.37. The molecule has 0 bridgehead atoms. The number of carbonyl (C=O) groups excluding carboxylic acids is 2. The average molecular weight is 398 g/mol. The molecule has 0 atom stereocenters. The predicted octanol–water partition coefficient (Wildman–Crippen LogP) is -0.421. The summed E-state index contributed by atoms with van der Waals surface area (Å²) in [4.78, 5) is 29.9. The normalized spacial score (nSPS) is 15.9. The Kier molecular flexibility index (Phi) is 6.79. The van der Waals surface area contributed by atoms with Gasteiger partial charge in [0.1, 0.15) is 5.75 Å². The topological polar surface area (TPSA) is 113 Å². The van der Waals surface area contributed by atoms with Gasteiger partial charge in [0.15, 0.2) is 0 Å². The summed E-state index contributed by atoms with van der Waals surface area (Å²) in [5.74, 6) is -0.0216. The second kappa shape index (κ2) is 8.68. The number of hydrogen-bond acceptors (Lipinski definition) is 6. The van der Waals surface area contributed by atoms with Gasteiger partial charge in [0.2, 0.25) is 15.9 Å². The molecular formula is C17H26N4O5S. The zero-order valence-electron chi connectivity index (χ0n) is 15.8. The van der Waals surface area contributed by atoms with Gasteiger partial charge in [-0.15, -0.1) is 0 Å². The van der Waals surface area contributed by atoms with Gasteiger partial charge in [-0.05, 0) is 24.6 Å². The number of carbonyl (C=O) groups is 2. The standard InChI is InChI=1S/C17H26N4O5S/c1-19(2)16(22)12-20-7-4-8-21(10-9-20)17(23)14-11-13(27(18,24)25)5-6-15(14)26-3/h5-6,11H,4,7-10,12H2,1-3H3,(H2,18,24,25). The van der Waals surface area contributed by atoms with E-state index in [2.05, 4.69) is 0 Å². The van der Waals surface area contributed by atoms with Gasteiger partial charge < -0.3 is 14.5 Å². The summed E-state index contributed by atoms with van der Waals surface area (Å²) < 4.78 is 28.4. The molecule has 10 heteroatoms. The molecule has 1 saturated heterocycles. The number of ether oxygens (including phenoxy) is 1. The van der Waals surface area contributed by atoms with Gasteiger partial charge in [-0.3, -0.25) is 14.5 Å². The smallest absolute Gasteiger partial charge is 0.257 e. The number of nitrogens with zero attached hydrogens (tertiary/aromatic N) is 3. The molecule has 1 aromatic rings. The van der Waals surface area contributed by atoms with Gasteiger partial charge in [-0.1, -0.05) is 0 Å². The van der Waals surface area contributed by atoms with Gasteiger partial charge in [0.05, 0.1) is 24.1 Å². The van der Waals surface area contributed by atoms with Gasteiger partial charge in [-0.2, -0.15) is 0 Å². The second-order valence-electron chi connectivity index (χ2n) is 6.62. The summed E-state index contributed by atoms with van der Waals surface area (Å²) in [7, 11) is 0.906. The lowest BCUT2D eigenvalue weighted by Gasteiger charge is -2.23. The minimum atomic E-state index is -3.93. The van der Waals surface area contributed by atoms with E-state index in [0.717, 1.165) is 0 Å². The van der Waals surface area contributed by atoms with Gasteiger partial charge in [0, 0.05) is 40.3 Å². The van der Waals surface area contributed by atoms with Crippen LogP contribution in [0.25, 0.3) is 0 Å². The van der Waals surface area contributed by atoms with Crippen LogP contribution in [0.15, 0.2) is 23.1 Å². The summed E-state index contributed by atoms with van der Waals surface area (Å²) in [5, 5.41) is 5.17. The average Bonchev–Trinajstić information content (AvgIpc) is 2.85. The number of methoxy groups -OCH3 is 1. The predicted molar refractivity (Wildman–Crippen MR) is 100 cm³/mol. The van der Waals surface area contributed by atoms with E-state index in [4.69, 9.17) is 9.88 Å². The third-order valence-electron chi connectivity index (χ3n) is 4.46. The van der Waals surface area contributed by atoms with Crippen LogP contribution in [0.5, 0.6) is 5.75 Å². The first-order valence-corrected chi connectivity index (χ1v) is 10.1. The van der Waals surface area contributed by atoms with Crippen molar-refractivity contribution in [1.29, 1.82) is 0 Å². The van der Waals surface area contributed by atoms with Crippen molar-refractivity contribution < 1.29 is 22.7 Å². The van der Waals surface area contributed by atoms with Crippen LogP contribution in [0.3, 0.4) is 0 Å². The van der Waals surface area contributed by atoms with E-state index in [1.807, 2.05) is 4.90 Å². The first-order chi connectivity index (χ1) is 12.6. The molecule has 1 heterocycles. The van der Waals surface area contributed by atoms with Crippen LogP contribution in [0, 0.1) is 0 Å². The zero-order valence-corrected chi connectivity index (χ0v) is 16.7. The van der Waals surface area contributed by atoms with Crippen LogP contribution in [0.2, 0.25) is 0 Å². The van der Waals surface area contributed by atoms with E-state index >= 15 is 0 Å². The fourth-order valence-electron chi connectivity index (χ4n) is 2.87. The monoisotopic (exact) mass is 398 g/mol. The Hall–Kier alpha value is -2.17. The molecule has 2 rings (SSSR count). The summed E-state index contributed by atoms with van der Waals surface area (Å²) in [6.07, 6.45) is 0.712. The number of nitrogens with two attached hydrogens (primary N) is 1. The summed E-state index contributed by atoms with van der Waals surface area (Å²) in [6.45, 7) is 2.51. The number of hydrogen-bond donors (Lipinski definition) is 1. The molecule has 1 fully saturated rings. The molecule has 1 aliphatic rings. The maximum absolute atomic E-state index is 13.0. The van der Waals surface area contributed by atoms with Crippen molar-refractivity contribution in [2.75, 3.05) is 53.9 Å². The molecule has 2 amide bonds. The van der Waals surface area contributed by atoms with Gasteiger partial charge >= 0.3 is 0 Å². The number of likely N-dealkylation sites (N-methyl/N-ethyl adjacent to an activating group) is 1. The summed E-state index contributed by atoms with van der Waals surface area (Å²) in [6, 6.07) is 3.98. The Morgan fingerprint density at radius 1 is 1.19 bits per heavy atom. The highest BCUT2D eigenvalue weighted by Crippen LogP contribution is 2.24. The molecule has 0 aliphatic carbocycles. The maximum atomic E-state index is 13.0. The van der Waals surface area contributed by atoms with Gasteiger partial charge in [-0.25, -0.2) is 13.6 Å². The number of rotatable bonds is 5. The van der Waals surface area contributed by atoms with E-state index in [-0.39, 0.29) is 28.0 Å². The first kappa shape index (κ1) is 21.1. The molecule has 2 N–H and O–H groups in total. The molecule has 27 heavy (non-hydrogen) atoms. The van der Waals surface area contributed by atoms with Crippen LogP contribution in [0.4, 0.5) is 0 Å². The highest BCUT2D eigenvalue weighted by atomic mass is 32.2. The van der Waals surface area contributed by atoms with Crippen molar-refractivity contribution in [2.24, 2.45) is 5.14 Å². The molecule has 9 nitrogen and oxygen atoms in total. The summed E-state index contributed by atoms with van der Waals surface area (Å²) >= 11 is 0. The lowest BCUT2D eigenvalue weighted by atomic mass is 10.1. The molecule has 1 aliphatic heterocycles. The van der Waals surface area contributed by atoms with Crippen molar-refractivity contribution in [3.05, 3.63) is 23.8 Å². The highest BCUT2D eigenvalue weighted by molar-refractivity contribution is 7.89. The van der Waals surface area contributed by atoms with Crippen molar-refractivity contribution >= 4 is 21.8 Å². The fourth-order valence-corrected chi connectivity index (χ4v) is 3.41. The number of amides is 2. The van der Waals surface area contributed by atoms with Crippen molar-refractivity contribution in [1.82, 2.24) is 14.7 Å². The quantitative estimate of drug-likeness (QED) is 0.721. The number of primary sulfonamides is 1. The van der Waals surface area contributed by atoms with E-state index < -0.39 is 10.0 Å². The minimum Gasteiger partial charge on any atom is -0.496 e. The van der Waals surface area contributed by atoms with Crippen molar-refractivity contribution in [3.63, 3.8) is 0 Å². The van der Waals surface area contributed by atoms with Crippen LogP contribution in [0.1, 0.15) is 16.8 Å². The second-order valence-corrected chi connectivity index (χ2v) is 8.18. The van der Waals surface area contributed by atoms with Crippen LogP contribution in [-0.2, 0) is 14.8 Å². The fraction of sp³-hybridized carbons (Fsp3) is 0.529. The lowest BCUT2D eigenvalue weighted by molar-refractivity contribution is -0.129. The van der Waals surface area contributed by atoms with Crippen LogP contribution < -0.4 is 9.88 Å². The molecule has 1 aromatic carbocycles. The number of benzene rings is 1. The third kappa shape index (κ3) is 5.41. The molecule has 0 radical (unpaired) electrons. The van der Waals surface area contributed by atoms with Crippen LogP contribution in [-0.4, -0.2) is 88.9 Å². The Morgan fingerprint density at radius 2 is 1.89 bits per heavy atom. The minimum absolute atomic E-state index is 0.0114. The molecule has 0 spiro atoms. The zero-order chi connectivity index (χ0) is 20.2. The molecule has 0 saturated carbocycles. The van der Waals surface area contributed by atoms with Crippen molar-refractivity contribution in [2.45, 2.75) is 11.3 Å². The Labute approximate surface area is 159 Å². The molecule has 0 unspecified atom stereocenters.